The third kappa shape index (κ3) is 2.46. The van der Waals surface area contributed by atoms with Crippen LogP contribution >= 0.6 is 11.6 Å². The number of halogens is 1. The van der Waals surface area contributed by atoms with Crippen molar-refractivity contribution in [3.8, 4) is 11.1 Å². The fourth-order valence-corrected chi connectivity index (χ4v) is 2.83. The quantitative estimate of drug-likeness (QED) is 0.914. The van der Waals surface area contributed by atoms with E-state index in [0.29, 0.717) is 11.8 Å². The molecule has 1 fully saturated rings. The summed E-state index contributed by atoms with van der Waals surface area (Å²) >= 11 is 6.40. The van der Waals surface area contributed by atoms with E-state index in [2.05, 4.69) is 11.2 Å². The molecule has 0 amide bonds. The average molecular weight is 279 g/mol. The highest BCUT2D eigenvalue weighted by Gasteiger charge is 2.19. The molecule has 0 radical (unpaired) electrons. The summed E-state index contributed by atoms with van der Waals surface area (Å²) in [6.45, 7) is 1.61. The third-order valence-corrected chi connectivity index (χ3v) is 3.90. The molecule has 1 aliphatic heterocycles. The van der Waals surface area contributed by atoms with Gasteiger partial charge in [-0.15, -0.1) is 0 Å². The van der Waals surface area contributed by atoms with Gasteiger partial charge in [0.2, 0.25) is 5.88 Å². The maximum absolute atomic E-state index is 6.40. The van der Waals surface area contributed by atoms with E-state index in [9.17, 15) is 0 Å². The minimum absolute atomic E-state index is 0.315. The van der Waals surface area contributed by atoms with Crippen molar-refractivity contribution in [1.29, 1.82) is 0 Å². The molecule has 0 spiro atoms. The van der Waals surface area contributed by atoms with Crippen molar-refractivity contribution in [3.63, 3.8) is 0 Å². The summed E-state index contributed by atoms with van der Waals surface area (Å²) in [6, 6.07) is 6.01. The molecule has 0 bridgehead atoms. The second-order valence-corrected chi connectivity index (χ2v) is 5.13. The zero-order valence-corrected chi connectivity index (χ0v) is 11.2. The first-order chi connectivity index (χ1) is 9.25. The Morgan fingerprint density at radius 1 is 1.26 bits per heavy atom. The zero-order chi connectivity index (χ0) is 13.2. The van der Waals surface area contributed by atoms with Gasteiger partial charge in [-0.25, -0.2) is 0 Å². The van der Waals surface area contributed by atoms with Gasteiger partial charge in [-0.1, -0.05) is 28.9 Å². The van der Waals surface area contributed by atoms with E-state index in [-0.39, 0.29) is 0 Å². The predicted octanol–water partition coefficient (Wildman–Crippen LogP) is 3.47. The fourth-order valence-electron chi connectivity index (χ4n) is 2.50. The van der Waals surface area contributed by atoms with E-state index >= 15 is 0 Å². The van der Waals surface area contributed by atoms with Crippen LogP contribution in [0.1, 0.15) is 24.3 Å². The highest BCUT2D eigenvalue weighted by Crippen LogP contribution is 2.35. The zero-order valence-electron chi connectivity index (χ0n) is 10.4. The number of anilines is 1. The highest BCUT2D eigenvalue weighted by molar-refractivity contribution is 6.31. The predicted molar refractivity (Wildman–Crippen MR) is 74.2 cm³/mol. The molecule has 1 aliphatic rings. The van der Waals surface area contributed by atoms with Crippen LogP contribution in [0.5, 0.6) is 0 Å². The summed E-state index contributed by atoms with van der Waals surface area (Å²) in [6.07, 6.45) is 3.65. The molecule has 0 saturated carbocycles. The Morgan fingerprint density at radius 2 is 2.05 bits per heavy atom. The van der Waals surface area contributed by atoms with Gasteiger partial charge in [-0.05, 0) is 36.0 Å². The van der Waals surface area contributed by atoms with Gasteiger partial charge >= 0.3 is 0 Å². The molecule has 0 aliphatic carbocycles. The number of hydrogen-bond donors (Lipinski definition) is 1. The maximum Gasteiger partial charge on any atom is 0.229 e. The molecular weight excluding hydrogens is 264 g/mol. The van der Waals surface area contributed by atoms with Crippen LogP contribution in [0.4, 0.5) is 5.88 Å². The second kappa shape index (κ2) is 5.23. The van der Waals surface area contributed by atoms with Crippen molar-refractivity contribution in [1.82, 2.24) is 5.16 Å². The number of nitrogen functional groups attached to an aromatic ring is 1. The number of hydrogen-bond acceptors (Lipinski definition) is 4. The Labute approximate surface area is 116 Å². The minimum Gasteiger partial charge on any atom is -0.381 e. The van der Waals surface area contributed by atoms with E-state index in [4.69, 9.17) is 26.6 Å². The molecule has 1 aromatic carbocycles. The lowest BCUT2D eigenvalue weighted by molar-refractivity contribution is 0.0853. The Kier molecular flexibility index (Phi) is 3.44. The van der Waals surface area contributed by atoms with Crippen molar-refractivity contribution in [3.05, 3.63) is 35.0 Å². The van der Waals surface area contributed by atoms with Gasteiger partial charge in [0, 0.05) is 18.2 Å². The number of nitrogens with two attached hydrogens (primary N) is 1. The lowest BCUT2D eigenvalue weighted by atomic mass is 9.90. The SMILES string of the molecule is Nc1oncc1-c1ccc(C2CCOCC2)c(Cl)c1. The molecular formula is C14H15ClN2O2. The van der Waals surface area contributed by atoms with Crippen LogP contribution in [0, 0.1) is 0 Å². The molecule has 0 atom stereocenters. The van der Waals surface area contributed by atoms with Crippen molar-refractivity contribution >= 4 is 17.5 Å². The normalized spacial score (nSPS) is 16.7. The van der Waals surface area contributed by atoms with Gasteiger partial charge in [-0.2, -0.15) is 0 Å². The van der Waals surface area contributed by atoms with Gasteiger partial charge in [0.25, 0.3) is 0 Å². The van der Waals surface area contributed by atoms with E-state index in [0.717, 1.165) is 42.2 Å². The van der Waals surface area contributed by atoms with Gasteiger partial charge in [0.1, 0.15) is 0 Å². The minimum atomic E-state index is 0.315. The number of aromatic nitrogens is 1. The molecule has 1 saturated heterocycles. The summed E-state index contributed by atoms with van der Waals surface area (Å²) in [5, 5.41) is 4.45. The second-order valence-electron chi connectivity index (χ2n) is 4.73. The Morgan fingerprint density at radius 3 is 2.68 bits per heavy atom. The van der Waals surface area contributed by atoms with E-state index in [1.807, 2.05) is 12.1 Å². The first kappa shape index (κ1) is 12.5. The number of rotatable bonds is 2. The average Bonchev–Trinajstić information content (AvgIpc) is 2.86. The summed E-state index contributed by atoms with van der Waals surface area (Å²) in [5.41, 5.74) is 8.61. The Bertz CT molecular complexity index is 577. The van der Waals surface area contributed by atoms with E-state index in [1.54, 1.807) is 6.20 Å². The van der Waals surface area contributed by atoms with Gasteiger partial charge in [0.05, 0.1) is 11.8 Å². The van der Waals surface area contributed by atoms with Crippen LogP contribution in [0.2, 0.25) is 5.02 Å². The summed E-state index contributed by atoms with van der Waals surface area (Å²) in [7, 11) is 0. The molecule has 19 heavy (non-hydrogen) atoms. The lowest BCUT2D eigenvalue weighted by Gasteiger charge is -2.23. The van der Waals surface area contributed by atoms with Crippen LogP contribution in [-0.4, -0.2) is 18.4 Å². The summed E-state index contributed by atoms with van der Waals surface area (Å²) in [5.74, 6) is 0.796. The van der Waals surface area contributed by atoms with Crippen LogP contribution in [0.15, 0.2) is 28.9 Å². The Balaban J connectivity index is 1.91. The smallest absolute Gasteiger partial charge is 0.229 e. The van der Waals surface area contributed by atoms with Crippen LogP contribution in [0.3, 0.4) is 0 Å². The van der Waals surface area contributed by atoms with E-state index < -0.39 is 0 Å². The third-order valence-electron chi connectivity index (χ3n) is 3.57. The molecule has 2 N–H and O–H groups in total. The molecule has 4 nitrogen and oxygen atoms in total. The number of benzene rings is 1. The molecule has 2 aromatic rings. The standard InChI is InChI=1S/C14H15ClN2O2/c15-13-7-10(12-8-17-19-14(12)16)1-2-11(13)9-3-5-18-6-4-9/h1-2,7-9H,3-6,16H2. The first-order valence-corrected chi connectivity index (χ1v) is 6.71. The number of nitrogens with zero attached hydrogens (tertiary/aromatic N) is 1. The maximum atomic E-state index is 6.40. The fraction of sp³-hybridized carbons (Fsp3) is 0.357. The summed E-state index contributed by atoms with van der Waals surface area (Å²) < 4.78 is 10.3. The molecule has 0 unspecified atom stereocenters. The summed E-state index contributed by atoms with van der Waals surface area (Å²) in [4.78, 5) is 0. The molecule has 100 valence electrons. The van der Waals surface area contributed by atoms with Crippen molar-refractivity contribution < 1.29 is 9.26 Å². The highest BCUT2D eigenvalue weighted by atomic mass is 35.5. The van der Waals surface area contributed by atoms with Crippen LogP contribution in [0.25, 0.3) is 11.1 Å². The first-order valence-electron chi connectivity index (χ1n) is 6.33. The van der Waals surface area contributed by atoms with Gasteiger partial charge in [-0.3, -0.25) is 0 Å². The van der Waals surface area contributed by atoms with Crippen LogP contribution < -0.4 is 5.73 Å². The monoisotopic (exact) mass is 278 g/mol. The lowest BCUT2D eigenvalue weighted by Crippen LogP contribution is -2.14. The van der Waals surface area contributed by atoms with Gasteiger partial charge in [0.15, 0.2) is 0 Å². The van der Waals surface area contributed by atoms with Crippen LogP contribution in [-0.2, 0) is 4.74 Å². The van der Waals surface area contributed by atoms with Gasteiger partial charge < -0.3 is 15.0 Å². The molecule has 3 rings (SSSR count). The molecule has 2 heterocycles. The van der Waals surface area contributed by atoms with Crippen molar-refractivity contribution in [2.75, 3.05) is 18.9 Å². The van der Waals surface area contributed by atoms with E-state index in [1.165, 1.54) is 5.56 Å². The Hall–Kier alpha value is -1.52. The molecule has 5 heteroatoms. The molecule has 1 aromatic heterocycles. The number of ether oxygens (including phenoxy) is 1. The van der Waals surface area contributed by atoms with Crippen molar-refractivity contribution in [2.24, 2.45) is 0 Å². The largest absolute Gasteiger partial charge is 0.381 e. The topological polar surface area (TPSA) is 61.3 Å². The van der Waals surface area contributed by atoms with Crippen molar-refractivity contribution in [2.45, 2.75) is 18.8 Å².